The van der Waals surface area contributed by atoms with Crippen molar-refractivity contribution in [1.82, 2.24) is 0 Å². The second kappa shape index (κ2) is 19.5. The smallest absolute Gasteiger partial charge is 0.270 e. The quantitative estimate of drug-likeness (QED) is 0.196. The van der Waals surface area contributed by atoms with Gasteiger partial charge in [0.1, 0.15) is 5.75 Å². The third kappa shape index (κ3) is 17.2. The van der Waals surface area contributed by atoms with E-state index >= 15 is 0 Å². The highest BCUT2D eigenvalue weighted by molar-refractivity contribution is 5.48. The summed E-state index contributed by atoms with van der Waals surface area (Å²) in [5.74, 6) is -1.70. The van der Waals surface area contributed by atoms with E-state index in [1.807, 2.05) is 26.8 Å². The minimum atomic E-state index is -2.75. The number of methoxy groups -OCH3 is 1. The van der Waals surface area contributed by atoms with Crippen molar-refractivity contribution >= 4 is 0 Å². The number of benzene rings is 4. The average molecular weight is 813 g/mol. The molecule has 4 aromatic carbocycles. The van der Waals surface area contributed by atoms with Gasteiger partial charge in [-0.05, 0) is 95.4 Å². The molecule has 3 heteroatoms. The standard InChI is InChI=1S/C15H24O.C15H24.C14H22.C12H16F2/c1-14(2,3)11-9-8-10-12(13(11)16-7)15(4,5)6;1-11-8-9-12(14(2,3)4)10-13(11)15(5,6)7;1-13(2,3)11-8-7-9-12(10-11)14(4,5)6;1-11(2,3)9-6-5-7-10(8-9)12(4,13)14/h8-10H,1-7H3;8-10H,1-7H3;7-10H,1-6H3;5-8H,1-4H3. The van der Waals surface area contributed by atoms with Crippen LogP contribution < -0.4 is 4.74 Å². The summed E-state index contributed by atoms with van der Waals surface area (Å²) in [4.78, 5) is 0. The average Bonchev–Trinajstić information content (AvgIpc) is 3.06. The summed E-state index contributed by atoms with van der Waals surface area (Å²) in [6, 6.07) is 28.9. The summed E-state index contributed by atoms with van der Waals surface area (Å²) in [5.41, 5.74) is 11.9. The molecule has 0 atom stereocenters. The Hall–Kier alpha value is -3.46. The van der Waals surface area contributed by atoms with Gasteiger partial charge in [0.2, 0.25) is 0 Å². The number of halogens is 2. The normalized spacial score (nSPS) is 12.9. The van der Waals surface area contributed by atoms with Crippen molar-refractivity contribution in [3.8, 4) is 5.75 Å². The first-order valence-electron chi connectivity index (χ1n) is 21.6. The van der Waals surface area contributed by atoms with Crippen molar-refractivity contribution in [2.24, 2.45) is 0 Å². The zero-order chi connectivity index (χ0) is 46.4. The van der Waals surface area contributed by atoms with Gasteiger partial charge in [-0.25, -0.2) is 8.78 Å². The highest BCUT2D eigenvalue weighted by Crippen LogP contribution is 2.39. The number of para-hydroxylation sites is 1. The van der Waals surface area contributed by atoms with Crippen LogP contribution in [-0.4, -0.2) is 7.11 Å². The summed E-state index contributed by atoms with van der Waals surface area (Å²) in [6.45, 7) is 49.7. The second-order valence-corrected chi connectivity index (χ2v) is 23.7. The van der Waals surface area contributed by atoms with E-state index in [-0.39, 0.29) is 43.5 Å². The van der Waals surface area contributed by atoms with Gasteiger partial charge in [-0.15, -0.1) is 0 Å². The molecular weight excluding hydrogens is 727 g/mol. The number of rotatable bonds is 2. The number of aryl methyl sites for hydroxylation is 1. The van der Waals surface area contributed by atoms with Crippen LogP contribution in [0.15, 0.2) is 84.9 Å². The van der Waals surface area contributed by atoms with E-state index in [4.69, 9.17) is 4.74 Å². The first-order valence-corrected chi connectivity index (χ1v) is 21.6. The Labute approximate surface area is 363 Å². The summed E-state index contributed by atoms with van der Waals surface area (Å²) in [5, 5.41) is 0. The number of ether oxygens (including phenoxy) is 1. The second-order valence-electron chi connectivity index (χ2n) is 23.7. The molecule has 4 aromatic rings. The van der Waals surface area contributed by atoms with Crippen LogP contribution in [-0.2, 0) is 43.8 Å². The lowest BCUT2D eigenvalue weighted by atomic mass is 9.79. The molecule has 0 N–H and O–H groups in total. The van der Waals surface area contributed by atoms with Gasteiger partial charge < -0.3 is 4.74 Å². The summed E-state index contributed by atoms with van der Waals surface area (Å²) >= 11 is 0. The first-order chi connectivity index (χ1) is 26.2. The molecule has 1 nitrogen and oxygen atoms in total. The van der Waals surface area contributed by atoms with E-state index in [0.29, 0.717) is 0 Å². The van der Waals surface area contributed by atoms with Gasteiger partial charge in [0.15, 0.2) is 0 Å². The van der Waals surface area contributed by atoms with E-state index in [1.54, 1.807) is 19.2 Å². The van der Waals surface area contributed by atoms with E-state index in [0.717, 1.165) is 18.2 Å². The van der Waals surface area contributed by atoms with Crippen LogP contribution in [0.25, 0.3) is 0 Å². The summed E-state index contributed by atoms with van der Waals surface area (Å²) in [7, 11) is 1.76. The fourth-order valence-corrected chi connectivity index (χ4v) is 6.55. The lowest BCUT2D eigenvalue weighted by molar-refractivity contribution is 0.0173. The van der Waals surface area contributed by atoms with E-state index in [9.17, 15) is 8.78 Å². The zero-order valence-electron chi connectivity index (χ0n) is 42.2. The van der Waals surface area contributed by atoms with Crippen molar-refractivity contribution in [3.05, 3.63) is 135 Å². The Morgan fingerprint density at radius 1 is 0.339 bits per heavy atom. The van der Waals surface area contributed by atoms with Gasteiger partial charge in [0.25, 0.3) is 5.92 Å². The Morgan fingerprint density at radius 3 is 0.915 bits per heavy atom. The predicted octanol–water partition coefficient (Wildman–Crippen LogP) is 17.3. The van der Waals surface area contributed by atoms with Crippen LogP contribution in [0.3, 0.4) is 0 Å². The maximum Gasteiger partial charge on any atom is 0.270 e. The van der Waals surface area contributed by atoms with E-state index in [1.165, 1.54) is 45.0 Å². The molecule has 0 saturated carbocycles. The van der Waals surface area contributed by atoms with E-state index < -0.39 is 5.92 Å². The number of hydrogen-bond acceptors (Lipinski definition) is 1. The van der Waals surface area contributed by atoms with Crippen molar-refractivity contribution in [2.45, 2.75) is 203 Å². The Balaban J connectivity index is 0.000000394. The molecule has 0 spiro atoms. The molecule has 4 rings (SSSR count). The van der Waals surface area contributed by atoms with Gasteiger partial charge >= 0.3 is 0 Å². The highest BCUT2D eigenvalue weighted by atomic mass is 19.3. The molecule has 0 unspecified atom stereocenters. The van der Waals surface area contributed by atoms with Crippen LogP contribution >= 0.6 is 0 Å². The minimum Gasteiger partial charge on any atom is -0.496 e. The van der Waals surface area contributed by atoms with Crippen LogP contribution in [0.2, 0.25) is 0 Å². The van der Waals surface area contributed by atoms with Crippen molar-refractivity contribution in [3.63, 3.8) is 0 Å². The molecule has 0 amide bonds. The van der Waals surface area contributed by atoms with Gasteiger partial charge in [-0.3, -0.25) is 0 Å². The topological polar surface area (TPSA) is 9.23 Å². The molecule has 330 valence electrons. The first kappa shape index (κ1) is 53.6. The fourth-order valence-electron chi connectivity index (χ4n) is 6.55. The van der Waals surface area contributed by atoms with Crippen LogP contribution in [0.4, 0.5) is 8.78 Å². The molecule has 0 saturated heterocycles. The minimum absolute atomic E-state index is 0.0821. The molecule has 59 heavy (non-hydrogen) atoms. The molecule has 0 aliphatic heterocycles. The summed E-state index contributed by atoms with van der Waals surface area (Å²) < 4.78 is 31.7. The van der Waals surface area contributed by atoms with Gasteiger partial charge in [0, 0.05) is 12.5 Å². The Morgan fingerprint density at radius 2 is 0.627 bits per heavy atom. The molecule has 0 aliphatic carbocycles. The SMILES string of the molecule is CC(C)(C)c1cccc(C(C)(C)C)c1.CC(C)(C)c1cccc(C(C)(F)F)c1.COc1c(C(C)(C)C)cccc1C(C)(C)C.Cc1ccc(C(C)(C)C)cc1C(C)(C)C. The maximum absolute atomic E-state index is 13.0. The molecule has 0 radical (unpaired) electrons. The zero-order valence-corrected chi connectivity index (χ0v) is 42.2. The maximum atomic E-state index is 13.0. The number of alkyl halides is 2. The molecule has 0 aliphatic rings. The summed E-state index contributed by atoms with van der Waals surface area (Å²) in [6.07, 6.45) is 0. The van der Waals surface area contributed by atoms with Crippen molar-refractivity contribution in [2.75, 3.05) is 7.11 Å². The lowest BCUT2D eigenvalue weighted by Crippen LogP contribution is -2.18. The lowest BCUT2D eigenvalue weighted by Gasteiger charge is -2.28. The van der Waals surface area contributed by atoms with Crippen LogP contribution in [0.5, 0.6) is 5.75 Å². The monoisotopic (exact) mass is 813 g/mol. The molecule has 0 bridgehead atoms. The van der Waals surface area contributed by atoms with Crippen molar-refractivity contribution < 1.29 is 13.5 Å². The van der Waals surface area contributed by atoms with Gasteiger partial charge in [-0.1, -0.05) is 224 Å². The van der Waals surface area contributed by atoms with Crippen molar-refractivity contribution in [1.29, 1.82) is 0 Å². The largest absolute Gasteiger partial charge is 0.496 e. The van der Waals surface area contributed by atoms with Crippen LogP contribution in [0, 0.1) is 6.92 Å². The van der Waals surface area contributed by atoms with E-state index in [2.05, 4.69) is 192 Å². The highest BCUT2D eigenvalue weighted by Gasteiger charge is 2.27. The number of hydrogen-bond donors (Lipinski definition) is 0. The fraction of sp³-hybridized carbons (Fsp3) is 0.571. The molecule has 0 fully saturated rings. The van der Waals surface area contributed by atoms with Gasteiger partial charge in [-0.2, -0.15) is 0 Å². The molecule has 0 aromatic heterocycles. The van der Waals surface area contributed by atoms with Gasteiger partial charge in [0.05, 0.1) is 7.11 Å². The van der Waals surface area contributed by atoms with Crippen LogP contribution in [0.1, 0.15) is 202 Å². The third-order valence-electron chi connectivity index (χ3n) is 10.6. The molecule has 0 heterocycles. The molecular formula is C56H86F2O. The third-order valence-corrected chi connectivity index (χ3v) is 10.6. The predicted molar refractivity (Wildman–Crippen MR) is 258 cm³/mol. The Bertz CT molecular complexity index is 1750. The Kier molecular flexibility index (Phi) is 17.7.